The van der Waals surface area contributed by atoms with E-state index in [1.807, 2.05) is 12.1 Å². The third-order valence-electron chi connectivity index (χ3n) is 4.76. The Morgan fingerprint density at radius 1 is 0.500 bits per heavy atom. The van der Waals surface area contributed by atoms with Crippen LogP contribution in [0.15, 0.2) is 84.9 Å². The molecule has 0 spiro atoms. The SMILES string of the molecule is Nc1ccc(-n2c3ccccc3c3ccccc32)c2ccccc12. The van der Waals surface area contributed by atoms with Crippen LogP contribution in [0.3, 0.4) is 0 Å². The van der Waals surface area contributed by atoms with Crippen LogP contribution in [0.1, 0.15) is 0 Å². The van der Waals surface area contributed by atoms with Crippen LogP contribution in [0.4, 0.5) is 5.69 Å². The minimum Gasteiger partial charge on any atom is -0.398 e. The molecule has 2 nitrogen and oxygen atoms in total. The summed E-state index contributed by atoms with van der Waals surface area (Å²) in [5.74, 6) is 0. The number of hydrogen-bond acceptors (Lipinski definition) is 1. The molecule has 0 aliphatic rings. The lowest BCUT2D eigenvalue weighted by Gasteiger charge is -2.12. The van der Waals surface area contributed by atoms with Gasteiger partial charge in [-0.05, 0) is 24.3 Å². The highest BCUT2D eigenvalue weighted by Crippen LogP contribution is 2.35. The van der Waals surface area contributed by atoms with Crippen molar-refractivity contribution < 1.29 is 0 Å². The van der Waals surface area contributed by atoms with E-state index in [1.165, 1.54) is 27.2 Å². The second-order valence-electron chi connectivity index (χ2n) is 6.09. The van der Waals surface area contributed by atoms with Gasteiger partial charge in [0.15, 0.2) is 0 Å². The molecule has 0 aliphatic carbocycles. The van der Waals surface area contributed by atoms with Gasteiger partial charge < -0.3 is 10.3 Å². The molecule has 0 fully saturated rings. The quantitative estimate of drug-likeness (QED) is 0.406. The van der Waals surface area contributed by atoms with E-state index in [-0.39, 0.29) is 0 Å². The van der Waals surface area contributed by atoms with Crippen molar-refractivity contribution in [3.05, 3.63) is 84.9 Å². The lowest BCUT2D eigenvalue weighted by atomic mass is 10.1. The number of benzene rings is 4. The Labute approximate surface area is 139 Å². The lowest BCUT2D eigenvalue weighted by molar-refractivity contribution is 1.20. The number of rotatable bonds is 1. The van der Waals surface area contributed by atoms with Gasteiger partial charge >= 0.3 is 0 Å². The molecular formula is C22H16N2. The Bertz CT molecular complexity index is 1160. The molecule has 2 N–H and O–H groups in total. The smallest absolute Gasteiger partial charge is 0.0542 e. The Balaban J connectivity index is 2.02. The molecule has 2 heteroatoms. The number of anilines is 1. The van der Waals surface area contributed by atoms with Crippen LogP contribution in [0.25, 0.3) is 38.3 Å². The van der Waals surface area contributed by atoms with Crippen LogP contribution in [0.2, 0.25) is 0 Å². The van der Waals surface area contributed by atoms with Crippen molar-refractivity contribution in [3.8, 4) is 5.69 Å². The van der Waals surface area contributed by atoms with Crippen LogP contribution in [0.5, 0.6) is 0 Å². The molecule has 4 aromatic carbocycles. The molecule has 24 heavy (non-hydrogen) atoms. The summed E-state index contributed by atoms with van der Waals surface area (Å²) in [6.45, 7) is 0. The molecule has 0 saturated heterocycles. The topological polar surface area (TPSA) is 30.9 Å². The van der Waals surface area contributed by atoms with Crippen LogP contribution < -0.4 is 5.73 Å². The van der Waals surface area contributed by atoms with Crippen LogP contribution in [-0.2, 0) is 0 Å². The van der Waals surface area contributed by atoms with E-state index in [1.54, 1.807) is 0 Å². The highest BCUT2D eigenvalue weighted by atomic mass is 15.0. The van der Waals surface area contributed by atoms with Crippen molar-refractivity contribution in [1.29, 1.82) is 0 Å². The summed E-state index contributed by atoms with van der Waals surface area (Å²) in [5, 5.41) is 4.81. The fraction of sp³-hybridized carbons (Fsp3) is 0. The van der Waals surface area contributed by atoms with Crippen molar-refractivity contribution in [2.75, 3.05) is 5.73 Å². The molecule has 0 unspecified atom stereocenters. The van der Waals surface area contributed by atoms with E-state index >= 15 is 0 Å². The molecule has 1 heterocycles. The highest BCUT2D eigenvalue weighted by molar-refractivity contribution is 6.11. The van der Waals surface area contributed by atoms with E-state index in [4.69, 9.17) is 5.73 Å². The van der Waals surface area contributed by atoms with E-state index < -0.39 is 0 Å². The zero-order valence-electron chi connectivity index (χ0n) is 13.1. The first-order valence-electron chi connectivity index (χ1n) is 8.10. The molecule has 0 saturated carbocycles. The molecule has 5 rings (SSSR count). The summed E-state index contributed by atoms with van der Waals surface area (Å²) >= 11 is 0. The predicted octanol–water partition coefficient (Wildman–Crippen LogP) is 5.52. The van der Waals surface area contributed by atoms with Crippen molar-refractivity contribution in [1.82, 2.24) is 4.57 Å². The number of hydrogen-bond donors (Lipinski definition) is 1. The summed E-state index contributed by atoms with van der Waals surface area (Å²) < 4.78 is 2.34. The minimum atomic E-state index is 0.815. The van der Waals surface area contributed by atoms with Gasteiger partial charge in [0, 0.05) is 27.2 Å². The Hall–Kier alpha value is -3.26. The van der Waals surface area contributed by atoms with Gasteiger partial charge in [-0.15, -0.1) is 0 Å². The largest absolute Gasteiger partial charge is 0.398 e. The number of nitrogens with zero attached hydrogens (tertiary/aromatic N) is 1. The Morgan fingerprint density at radius 3 is 1.62 bits per heavy atom. The number of para-hydroxylation sites is 2. The maximum Gasteiger partial charge on any atom is 0.0542 e. The molecule has 0 radical (unpaired) electrons. The standard InChI is InChI=1S/C22H16N2/c23-19-13-14-22(16-8-2-1-7-15(16)19)24-20-11-5-3-9-17(20)18-10-4-6-12-21(18)24/h1-14H,23H2. The average Bonchev–Trinajstić information content (AvgIpc) is 2.97. The van der Waals surface area contributed by atoms with Crippen LogP contribution >= 0.6 is 0 Å². The maximum absolute atomic E-state index is 6.19. The molecule has 1 aromatic heterocycles. The van der Waals surface area contributed by atoms with Crippen LogP contribution in [0, 0.1) is 0 Å². The van der Waals surface area contributed by atoms with Gasteiger partial charge in [-0.2, -0.15) is 0 Å². The second-order valence-corrected chi connectivity index (χ2v) is 6.09. The number of fused-ring (bicyclic) bond motifs is 4. The summed E-state index contributed by atoms with van der Waals surface area (Å²) in [4.78, 5) is 0. The number of nitrogen functional groups attached to an aromatic ring is 1. The first-order chi connectivity index (χ1) is 11.8. The minimum absolute atomic E-state index is 0.815. The second kappa shape index (κ2) is 4.87. The molecule has 5 aromatic rings. The fourth-order valence-corrected chi connectivity index (χ4v) is 3.68. The van der Waals surface area contributed by atoms with Gasteiger partial charge in [-0.25, -0.2) is 0 Å². The molecule has 0 aliphatic heterocycles. The van der Waals surface area contributed by atoms with Crippen molar-refractivity contribution >= 4 is 38.3 Å². The van der Waals surface area contributed by atoms with Gasteiger partial charge in [0.05, 0.1) is 16.7 Å². The maximum atomic E-state index is 6.19. The van der Waals surface area contributed by atoms with Gasteiger partial charge in [-0.3, -0.25) is 0 Å². The summed E-state index contributed by atoms with van der Waals surface area (Å²) in [7, 11) is 0. The molecular weight excluding hydrogens is 292 g/mol. The number of aromatic nitrogens is 1. The fourth-order valence-electron chi connectivity index (χ4n) is 3.68. The summed E-state index contributed by atoms with van der Waals surface area (Å²) in [6.07, 6.45) is 0. The lowest BCUT2D eigenvalue weighted by Crippen LogP contribution is -1.97. The predicted molar refractivity (Wildman–Crippen MR) is 103 cm³/mol. The van der Waals surface area contributed by atoms with Gasteiger partial charge in [0.25, 0.3) is 0 Å². The van der Waals surface area contributed by atoms with E-state index in [0.717, 1.165) is 16.8 Å². The van der Waals surface area contributed by atoms with Gasteiger partial charge in [-0.1, -0.05) is 60.7 Å². The third-order valence-corrected chi connectivity index (χ3v) is 4.76. The molecule has 0 bridgehead atoms. The van der Waals surface area contributed by atoms with E-state index in [2.05, 4.69) is 77.4 Å². The third kappa shape index (κ3) is 1.71. The summed E-state index contributed by atoms with van der Waals surface area (Å²) in [6, 6.07) is 29.6. The normalized spacial score (nSPS) is 11.5. The average molecular weight is 308 g/mol. The summed E-state index contributed by atoms with van der Waals surface area (Å²) in [5.41, 5.74) is 10.6. The van der Waals surface area contributed by atoms with Crippen molar-refractivity contribution in [2.45, 2.75) is 0 Å². The van der Waals surface area contributed by atoms with Crippen LogP contribution in [-0.4, -0.2) is 4.57 Å². The highest BCUT2D eigenvalue weighted by Gasteiger charge is 2.13. The van der Waals surface area contributed by atoms with E-state index in [0.29, 0.717) is 0 Å². The molecule has 114 valence electrons. The van der Waals surface area contributed by atoms with Crippen molar-refractivity contribution in [3.63, 3.8) is 0 Å². The molecule has 0 atom stereocenters. The monoisotopic (exact) mass is 308 g/mol. The van der Waals surface area contributed by atoms with E-state index in [9.17, 15) is 0 Å². The van der Waals surface area contributed by atoms with Gasteiger partial charge in [0.1, 0.15) is 0 Å². The zero-order valence-corrected chi connectivity index (χ0v) is 13.1. The molecule has 0 amide bonds. The number of nitrogens with two attached hydrogens (primary N) is 1. The van der Waals surface area contributed by atoms with Crippen molar-refractivity contribution in [2.24, 2.45) is 0 Å². The van der Waals surface area contributed by atoms with Gasteiger partial charge in [0.2, 0.25) is 0 Å². The Kier molecular flexibility index (Phi) is 2.68. The first kappa shape index (κ1) is 13.2. The first-order valence-corrected chi connectivity index (χ1v) is 8.10. The Morgan fingerprint density at radius 2 is 1.00 bits per heavy atom. The zero-order chi connectivity index (χ0) is 16.1.